The van der Waals surface area contributed by atoms with Crippen LogP contribution in [0.3, 0.4) is 0 Å². The monoisotopic (exact) mass is 206 g/mol. The molecule has 0 N–H and O–H groups in total. The molecule has 13 heavy (non-hydrogen) atoms. The van der Waals surface area contributed by atoms with Crippen molar-refractivity contribution in [2.24, 2.45) is 0 Å². The summed E-state index contributed by atoms with van der Waals surface area (Å²) in [6.45, 7) is -0.0577. The Labute approximate surface area is 77.2 Å². The molecule has 0 aliphatic carbocycles. The van der Waals surface area contributed by atoms with E-state index in [9.17, 15) is 13.0 Å². The summed E-state index contributed by atoms with van der Waals surface area (Å²) in [7, 11) is 0. The van der Waals surface area contributed by atoms with Gasteiger partial charge in [-0.3, -0.25) is 4.18 Å². The maximum Gasteiger partial charge on any atom is 0.336 e. The van der Waals surface area contributed by atoms with Crippen LogP contribution in [0.5, 0.6) is 0 Å². The molecule has 0 fully saturated rings. The van der Waals surface area contributed by atoms with E-state index in [-0.39, 0.29) is 6.61 Å². The SMILES string of the molecule is O=S(OCc1ccccc1)C(F)F. The van der Waals surface area contributed by atoms with Crippen LogP contribution in [0.15, 0.2) is 30.3 Å². The summed E-state index contributed by atoms with van der Waals surface area (Å²) < 4.78 is 38.3. The molecular weight excluding hydrogens is 198 g/mol. The lowest BCUT2D eigenvalue weighted by molar-refractivity contribution is 0.212. The highest BCUT2D eigenvalue weighted by Gasteiger charge is 2.13. The Kier molecular flexibility index (Phi) is 3.98. The average molecular weight is 206 g/mol. The van der Waals surface area contributed by atoms with E-state index in [4.69, 9.17) is 0 Å². The Morgan fingerprint density at radius 1 is 1.31 bits per heavy atom. The van der Waals surface area contributed by atoms with Gasteiger partial charge >= 0.3 is 5.76 Å². The third-order valence-corrected chi connectivity index (χ3v) is 1.97. The number of hydrogen-bond acceptors (Lipinski definition) is 2. The molecule has 0 saturated heterocycles. The second-order valence-electron chi connectivity index (χ2n) is 2.27. The minimum atomic E-state index is -2.94. The molecule has 1 atom stereocenters. The van der Waals surface area contributed by atoms with Gasteiger partial charge in [-0.25, -0.2) is 4.21 Å². The molecule has 2 nitrogen and oxygen atoms in total. The van der Waals surface area contributed by atoms with Gasteiger partial charge in [0, 0.05) is 0 Å². The smallest absolute Gasteiger partial charge is 0.281 e. The van der Waals surface area contributed by atoms with E-state index in [0.29, 0.717) is 0 Å². The van der Waals surface area contributed by atoms with Gasteiger partial charge in [0.25, 0.3) is 0 Å². The van der Waals surface area contributed by atoms with Crippen molar-refractivity contribution in [3.05, 3.63) is 35.9 Å². The van der Waals surface area contributed by atoms with Crippen molar-refractivity contribution in [2.45, 2.75) is 12.4 Å². The van der Waals surface area contributed by atoms with Gasteiger partial charge in [-0.1, -0.05) is 30.3 Å². The third kappa shape index (κ3) is 3.61. The van der Waals surface area contributed by atoms with E-state index in [0.717, 1.165) is 5.56 Å². The predicted octanol–water partition coefficient (Wildman–Crippen LogP) is 2.09. The van der Waals surface area contributed by atoms with Crippen molar-refractivity contribution in [1.82, 2.24) is 0 Å². The van der Waals surface area contributed by atoms with Crippen molar-refractivity contribution in [3.8, 4) is 0 Å². The maximum atomic E-state index is 11.7. The molecule has 5 heteroatoms. The van der Waals surface area contributed by atoms with Crippen LogP contribution in [0, 0.1) is 0 Å². The maximum absolute atomic E-state index is 11.7. The van der Waals surface area contributed by atoms with Crippen LogP contribution in [0.25, 0.3) is 0 Å². The number of hydrogen-bond donors (Lipinski definition) is 0. The number of rotatable bonds is 4. The van der Waals surface area contributed by atoms with Crippen molar-refractivity contribution in [3.63, 3.8) is 0 Å². The lowest BCUT2D eigenvalue weighted by atomic mass is 10.2. The van der Waals surface area contributed by atoms with Crippen LogP contribution in [-0.2, 0) is 21.9 Å². The summed E-state index contributed by atoms with van der Waals surface area (Å²) in [6.07, 6.45) is 0. The number of benzene rings is 1. The molecule has 1 aromatic carbocycles. The standard InChI is InChI=1S/C8H8F2O2S/c9-8(10)13(11)12-6-7-4-2-1-3-5-7/h1-5,8H,6H2. The normalized spacial score (nSPS) is 13.2. The summed E-state index contributed by atoms with van der Waals surface area (Å²) in [5.74, 6) is -2.94. The fourth-order valence-electron chi connectivity index (χ4n) is 0.752. The zero-order valence-electron chi connectivity index (χ0n) is 6.65. The first-order chi connectivity index (χ1) is 6.20. The molecular formula is C8H8F2O2S. The van der Waals surface area contributed by atoms with E-state index in [1.807, 2.05) is 0 Å². The van der Waals surface area contributed by atoms with Crippen LogP contribution in [0.1, 0.15) is 5.56 Å². The topological polar surface area (TPSA) is 26.3 Å². The van der Waals surface area contributed by atoms with Crippen molar-refractivity contribution >= 4 is 11.1 Å². The molecule has 0 saturated carbocycles. The minimum Gasteiger partial charge on any atom is -0.281 e. The van der Waals surface area contributed by atoms with Gasteiger partial charge in [-0.15, -0.1) is 0 Å². The Balaban J connectivity index is 2.40. The third-order valence-electron chi connectivity index (χ3n) is 1.33. The largest absolute Gasteiger partial charge is 0.336 e. The molecule has 0 amide bonds. The van der Waals surface area contributed by atoms with Crippen molar-refractivity contribution < 1.29 is 17.2 Å². The zero-order valence-corrected chi connectivity index (χ0v) is 7.47. The summed E-state index contributed by atoms with van der Waals surface area (Å²) in [6, 6.07) is 8.73. The quantitative estimate of drug-likeness (QED) is 0.754. The molecule has 0 heterocycles. The van der Waals surface area contributed by atoms with Crippen LogP contribution >= 0.6 is 0 Å². The fourth-order valence-corrected chi connectivity index (χ4v) is 1.11. The Morgan fingerprint density at radius 2 is 1.92 bits per heavy atom. The predicted molar refractivity (Wildman–Crippen MR) is 45.4 cm³/mol. The second-order valence-corrected chi connectivity index (χ2v) is 3.38. The molecule has 0 radical (unpaired) electrons. The van der Waals surface area contributed by atoms with E-state index < -0.39 is 16.8 Å². The lowest BCUT2D eigenvalue weighted by Crippen LogP contribution is -2.06. The molecule has 1 rings (SSSR count). The molecule has 1 unspecified atom stereocenters. The van der Waals surface area contributed by atoms with Gasteiger partial charge in [-0.2, -0.15) is 8.78 Å². The van der Waals surface area contributed by atoms with Crippen LogP contribution < -0.4 is 0 Å². The lowest BCUT2D eigenvalue weighted by Gasteiger charge is -2.01. The number of alkyl halides is 2. The fraction of sp³-hybridized carbons (Fsp3) is 0.250. The first-order valence-electron chi connectivity index (χ1n) is 3.56. The summed E-state index contributed by atoms with van der Waals surface area (Å²) in [5, 5.41) is 0. The highest BCUT2D eigenvalue weighted by Crippen LogP contribution is 2.06. The van der Waals surface area contributed by atoms with Gasteiger partial charge in [0.1, 0.15) is 0 Å². The zero-order chi connectivity index (χ0) is 9.68. The van der Waals surface area contributed by atoms with Gasteiger partial charge in [0.05, 0.1) is 6.61 Å². The van der Waals surface area contributed by atoms with Gasteiger partial charge in [0.15, 0.2) is 0 Å². The van der Waals surface area contributed by atoms with E-state index >= 15 is 0 Å². The van der Waals surface area contributed by atoms with Crippen LogP contribution in [0.2, 0.25) is 0 Å². The Hall–Kier alpha value is -0.810. The van der Waals surface area contributed by atoms with Crippen LogP contribution in [-0.4, -0.2) is 9.97 Å². The molecule has 0 aliphatic heterocycles. The Bertz CT molecular complexity index is 277. The summed E-state index contributed by atoms with van der Waals surface area (Å²) >= 11 is -2.51. The molecule has 0 aromatic heterocycles. The first kappa shape index (κ1) is 10.3. The molecule has 0 aliphatic rings. The second kappa shape index (κ2) is 5.04. The van der Waals surface area contributed by atoms with Crippen LogP contribution in [0.4, 0.5) is 8.78 Å². The molecule has 1 aromatic rings. The molecule has 0 spiro atoms. The number of halogens is 2. The molecule has 72 valence electrons. The highest BCUT2D eigenvalue weighted by atomic mass is 32.2. The minimum absolute atomic E-state index is 0.0577. The van der Waals surface area contributed by atoms with Crippen molar-refractivity contribution in [1.29, 1.82) is 0 Å². The Morgan fingerprint density at radius 3 is 2.46 bits per heavy atom. The van der Waals surface area contributed by atoms with E-state index in [2.05, 4.69) is 4.18 Å². The first-order valence-corrected chi connectivity index (χ1v) is 4.70. The van der Waals surface area contributed by atoms with E-state index in [1.165, 1.54) is 0 Å². The summed E-state index contributed by atoms with van der Waals surface area (Å²) in [5.41, 5.74) is 0.719. The highest BCUT2D eigenvalue weighted by molar-refractivity contribution is 7.80. The average Bonchev–Trinajstić information content (AvgIpc) is 2.15. The molecule has 0 bridgehead atoms. The van der Waals surface area contributed by atoms with Gasteiger partial charge < -0.3 is 0 Å². The van der Waals surface area contributed by atoms with Gasteiger partial charge in [0.2, 0.25) is 11.1 Å². The van der Waals surface area contributed by atoms with Crippen molar-refractivity contribution in [2.75, 3.05) is 0 Å². The summed E-state index contributed by atoms with van der Waals surface area (Å²) in [4.78, 5) is 0. The van der Waals surface area contributed by atoms with Gasteiger partial charge in [-0.05, 0) is 5.56 Å². The van der Waals surface area contributed by atoms with E-state index in [1.54, 1.807) is 30.3 Å².